The Morgan fingerprint density at radius 3 is 1.86 bits per heavy atom. The molecular formula is C12H18Cl2N2O5. The number of carbonyl (C=O) groups is 2. The van der Waals surface area contributed by atoms with Gasteiger partial charge >= 0.3 is 11.9 Å². The van der Waals surface area contributed by atoms with Crippen molar-refractivity contribution in [2.24, 2.45) is 0 Å². The summed E-state index contributed by atoms with van der Waals surface area (Å²) in [6.45, 7) is 0. The Labute approximate surface area is 133 Å². The minimum Gasteiger partial charge on any atom is -1.00 e. The van der Waals surface area contributed by atoms with E-state index < -0.39 is 30.1 Å². The molecule has 0 aliphatic carbocycles. The molecule has 0 amide bonds. The third-order valence-electron chi connectivity index (χ3n) is 2.85. The summed E-state index contributed by atoms with van der Waals surface area (Å²) < 4.78 is 0. The van der Waals surface area contributed by atoms with Crippen LogP contribution in [0.1, 0.15) is 17.2 Å². The summed E-state index contributed by atoms with van der Waals surface area (Å²) in [5.74, 6) is -2.16. The standard InChI is InChI=1S/C12H16N2O5.2ClH/c13-8(11(16)17)5-6-1-3-7(4-2-6)10(15)9(14)12(18)19;;/h1-4,8-10,15H,5,13-14H2,(H,16,17)(H,18,19);2*1H/t8-,9-,10-;;/m0../s1. The Hall–Kier alpha value is -1.38. The highest BCUT2D eigenvalue weighted by atomic mass is 35.5. The van der Waals surface area contributed by atoms with E-state index in [1.165, 1.54) is 0 Å². The first-order valence-electron chi connectivity index (χ1n) is 5.71. The molecule has 0 bridgehead atoms. The smallest absolute Gasteiger partial charge is 0.365 e. The molecule has 9 N–H and O–H groups in total. The van der Waals surface area contributed by atoms with Crippen molar-refractivity contribution in [3.63, 3.8) is 0 Å². The van der Waals surface area contributed by atoms with Crippen LogP contribution in [0.3, 0.4) is 0 Å². The van der Waals surface area contributed by atoms with Crippen LogP contribution < -0.4 is 36.3 Å². The molecule has 0 aliphatic heterocycles. The van der Waals surface area contributed by atoms with E-state index in [1.54, 1.807) is 24.3 Å². The molecule has 0 saturated carbocycles. The van der Waals surface area contributed by atoms with E-state index in [-0.39, 0.29) is 31.2 Å². The number of aliphatic hydroxyl groups excluding tert-OH is 1. The lowest BCUT2D eigenvalue weighted by molar-refractivity contribution is -0.426. The first-order valence-corrected chi connectivity index (χ1v) is 5.71. The summed E-state index contributed by atoms with van der Waals surface area (Å²) in [6, 6.07) is 4.54. The molecular weight excluding hydrogens is 323 g/mol. The van der Waals surface area contributed by atoms with Gasteiger partial charge in [-0.3, -0.25) is 0 Å². The first kappa shape index (κ1) is 21.9. The quantitative estimate of drug-likeness (QED) is 0.348. The number of hydrogen-bond acceptors (Lipinski definition) is 3. The van der Waals surface area contributed by atoms with Gasteiger partial charge in [0.15, 0.2) is 6.04 Å². The fourth-order valence-electron chi connectivity index (χ4n) is 1.59. The van der Waals surface area contributed by atoms with Crippen LogP contribution in [0.15, 0.2) is 24.3 Å². The van der Waals surface area contributed by atoms with Gasteiger partial charge in [-0.2, -0.15) is 0 Å². The summed E-state index contributed by atoms with van der Waals surface area (Å²) in [7, 11) is 0. The predicted molar refractivity (Wildman–Crippen MR) is 63.7 cm³/mol. The summed E-state index contributed by atoms with van der Waals surface area (Å²) in [4.78, 5) is 21.4. The van der Waals surface area contributed by atoms with Crippen molar-refractivity contribution in [1.29, 1.82) is 0 Å². The maximum Gasteiger partial charge on any atom is 0.365 e. The molecule has 21 heavy (non-hydrogen) atoms. The summed E-state index contributed by atoms with van der Waals surface area (Å²) in [5, 5.41) is 27.3. The highest BCUT2D eigenvalue weighted by Crippen LogP contribution is 2.16. The van der Waals surface area contributed by atoms with E-state index in [2.05, 4.69) is 11.5 Å². The average molecular weight is 341 g/mol. The van der Waals surface area contributed by atoms with E-state index in [9.17, 15) is 14.7 Å². The highest BCUT2D eigenvalue weighted by Gasteiger charge is 2.27. The average Bonchev–Trinajstić information content (AvgIpc) is 2.37. The topological polar surface area (TPSA) is 150 Å². The molecule has 0 saturated heterocycles. The molecule has 1 aromatic carbocycles. The molecule has 120 valence electrons. The Morgan fingerprint density at radius 2 is 1.48 bits per heavy atom. The predicted octanol–water partition coefficient (Wildman–Crippen LogP) is -8.34. The van der Waals surface area contributed by atoms with Gasteiger partial charge in [-0.1, -0.05) is 24.3 Å². The summed E-state index contributed by atoms with van der Waals surface area (Å²) in [6.07, 6.45) is -0.917. The summed E-state index contributed by atoms with van der Waals surface area (Å²) >= 11 is 0. The second kappa shape index (κ2) is 9.54. The second-order valence-corrected chi connectivity index (χ2v) is 4.37. The molecule has 1 rings (SSSR count). The third-order valence-corrected chi connectivity index (χ3v) is 2.85. The fourth-order valence-corrected chi connectivity index (χ4v) is 1.59. The van der Waals surface area contributed by atoms with Gasteiger partial charge in [-0.25, -0.2) is 9.59 Å². The number of carboxylic acids is 2. The maximum absolute atomic E-state index is 10.7. The molecule has 0 aromatic heterocycles. The van der Waals surface area contributed by atoms with Crippen molar-refractivity contribution in [1.82, 2.24) is 0 Å². The number of halogens is 2. The number of aliphatic hydroxyl groups is 1. The zero-order valence-corrected chi connectivity index (χ0v) is 12.6. The SMILES string of the molecule is [Cl-].[Cl-].[NH3+][C@H](C(=O)O)[C@@H](O)c1ccc(C[C@H]([NH3+])C(=O)O)cc1. The molecule has 0 heterocycles. The largest absolute Gasteiger partial charge is 1.00 e. The first-order chi connectivity index (χ1) is 8.82. The van der Waals surface area contributed by atoms with Gasteiger partial charge in [0.1, 0.15) is 6.10 Å². The Balaban J connectivity index is 0. The lowest BCUT2D eigenvalue weighted by Crippen LogP contribution is -3.00. The molecule has 7 nitrogen and oxygen atoms in total. The van der Waals surface area contributed by atoms with Crippen LogP contribution in [-0.4, -0.2) is 39.3 Å². The van der Waals surface area contributed by atoms with E-state index in [0.29, 0.717) is 5.56 Å². The zero-order chi connectivity index (χ0) is 14.6. The maximum atomic E-state index is 10.7. The van der Waals surface area contributed by atoms with Crippen molar-refractivity contribution in [3.05, 3.63) is 35.4 Å². The number of benzene rings is 1. The van der Waals surface area contributed by atoms with Gasteiger partial charge in [-0.15, -0.1) is 0 Å². The van der Waals surface area contributed by atoms with Crippen LogP contribution in [0.25, 0.3) is 0 Å². The number of aliphatic carboxylic acids is 2. The highest BCUT2D eigenvalue weighted by molar-refractivity contribution is 5.73. The minimum absolute atomic E-state index is 0. The van der Waals surface area contributed by atoms with Gasteiger partial charge in [0.2, 0.25) is 6.04 Å². The van der Waals surface area contributed by atoms with Gasteiger partial charge in [0, 0.05) is 6.42 Å². The second-order valence-electron chi connectivity index (χ2n) is 4.37. The van der Waals surface area contributed by atoms with Crippen molar-refractivity contribution >= 4 is 11.9 Å². The number of rotatable bonds is 6. The normalized spacial score (nSPS) is 14.0. The van der Waals surface area contributed by atoms with Crippen LogP contribution in [0.4, 0.5) is 0 Å². The Kier molecular flexibility index (Phi) is 9.95. The van der Waals surface area contributed by atoms with Crippen LogP contribution >= 0.6 is 0 Å². The van der Waals surface area contributed by atoms with Crippen LogP contribution in [0.2, 0.25) is 0 Å². The van der Waals surface area contributed by atoms with Crippen LogP contribution in [0.5, 0.6) is 0 Å². The van der Waals surface area contributed by atoms with Crippen LogP contribution in [0, 0.1) is 0 Å². The molecule has 9 heteroatoms. The van der Waals surface area contributed by atoms with Crippen molar-refractivity contribution < 1.29 is 61.2 Å². The fraction of sp³-hybridized carbons (Fsp3) is 0.333. The molecule has 0 unspecified atom stereocenters. The van der Waals surface area contributed by atoms with Gasteiger partial charge in [0.05, 0.1) is 0 Å². The molecule has 0 spiro atoms. The Morgan fingerprint density at radius 1 is 1.00 bits per heavy atom. The minimum atomic E-state index is -1.19. The molecule has 0 radical (unpaired) electrons. The molecule has 0 aliphatic rings. The molecule has 0 fully saturated rings. The zero-order valence-electron chi connectivity index (χ0n) is 11.1. The Bertz CT molecular complexity index is 469. The lowest BCUT2D eigenvalue weighted by atomic mass is 9.99. The lowest BCUT2D eigenvalue weighted by Gasteiger charge is -2.13. The van der Waals surface area contributed by atoms with Crippen molar-refractivity contribution in [2.45, 2.75) is 24.6 Å². The van der Waals surface area contributed by atoms with E-state index in [1.807, 2.05) is 0 Å². The van der Waals surface area contributed by atoms with Crippen LogP contribution in [-0.2, 0) is 16.0 Å². The van der Waals surface area contributed by atoms with E-state index in [4.69, 9.17) is 10.2 Å². The van der Waals surface area contributed by atoms with Crippen molar-refractivity contribution in [3.8, 4) is 0 Å². The van der Waals surface area contributed by atoms with E-state index >= 15 is 0 Å². The molecule has 1 aromatic rings. The van der Waals surface area contributed by atoms with Gasteiger partial charge in [0.25, 0.3) is 0 Å². The summed E-state index contributed by atoms with van der Waals surface area (Å²) in [5.41, 5.74) is 8.07. The number of carboxylic acid groups (broad SMARTS) is 2. The number of quaternary nitrogens is 2. The van der Waals surface area contributed by atoms with E-state index in [0.717, 1.165) is 5.56 Å². The third kappa shape index (κ3) is 6.28. The molecule has 3 atom stereocenters. The number of hydrogen-bond donors (Lipinski definition) is 5. The van der Waals surface area contributed by atoms with Crippen molar-refractivity contribution in [2.75, 3.05) is 0 Å². The van der Waals surface area contributed by atoms with Gasteiger partial charge < -0.3 is 51.6 Å². The van der Waals surface area contributed by atoms with Gasteiger partial charge in [-0.05, 0) is 11.1 Å². The monoisotopic (exact) mass is 340 g/mol.